The van der Waals surface area contributed by atoms with Gasteiger partial charge in [0.1, 0.15) is 5.75 Å². The van der Waals surface area contributed by atoms with E-state index in [2.05, 4.69) is 0 Å². The third-order valence-electron chi connectivity index (χ3n) is 5.42. The number of hydrogen-bond donors (Lipinski definition) is 1. The monoisotopic (exact) mass is 405 g/mol. The lowest BCUT2D eigenvalue weighted by Crippen LogP contribution is -2.53. The van der Waals surface area contributed by atoms with Crippen LogP contribution in [0.5, 0.6) is 23.0 Å². The van der Waals surface area contributed by atoms with Crippen LogP contribution in [0.4, 0.5) is 5.69 Å². The molecule has 1 saturated heterocycles. The number of carbonyl (C=O) groups is 1. The van der Waals surface area contributed by atoms with E-state index in [1.165, 1.54) is 0 Å². The van der Waals surface area contributed by atoms with Gasteiger partial charge in [-0.05, 0) is 23.3 Å². The summed E-state index contributed by atoms with van der Waals surface area (Å²) in [5.41, 5.74) is 2.53. The molecular weight excluding hydrogens is 382 g/mol. The lowest BCUT2D eigenvalue weighted by molar-refractivity contribution is -0.126. The van der Waals surface area contributed by atoms with E-state index in [9.17, 15) is 9.90 Å². The van der Waals surface area contributed by atoms with E-state index in [-0.39, 0.29) is 23.6 Å². The molecule has 0 spiro atoms. The fraction of sp³-hybridized carbons (Fsp3) is 0.208. The van der Waals surface area contributed by atoms with Crippen molar-refractivity contribution in [3.63, 3.8) is 0 Å². The van der Waals surface area contributed by atoms with E-state index in [4.69, 9.17) is 14.2 Å². The van der Waals surface area contributed by atoms with Crippen LogP contribution in [0, 0.1) is 0 Å². The number of benzene rings is 3. The summed E-state index contributed by atoms with van der Waals surface area (Å²) in [5.74, 6) is 1.26. The van der Waals surface area contributed by atoms with E-state index in [1.54, 1.807) is 50.5 Å². The van der Waals surface area contributed by atoms with E-state index in [0.29, 0.717) is 22.9 Å². The molecule has 1 aliphatic rings. The number of β-lactam (4-membered cyclic amide) rings is 1. The van der Waals surface area contributed by atoms with Crippen LogP contribution in [0.1, 0.15) is 23.1 Å². The van der Waals surface area contributed by atoms with Crippen molar-refractivity contribution in [3.05, 3.63) is 77.9 Å². The van der Waals surface area contributed by atoms with Crippen molar-refractivity contribution in [1.82, 2.24) is 0 Å². The highest BCUT2D eigenvalue weighted by Crippen LogP contribution is 2.51. The summed E-state index contributed by atoms with van der Waals surface area (Å²) in [5, 5.41) is 9.71. The van der Waals surface area contributed by atoms with Crippen molar-refractivity contribution in [2.75, 3.05) is 26.2 Å². The fourth-order valence-electron chi connectivity index (χ4n) is 3.98. The molecule has 0 aliphatic carbocycles. The lowest BCUT2D eigenvalue weighted by Gasteiger charge is -2.48. The molecule has 0 aromatic heterocycles. The molecule has 3 aromatic rings. The summed E-state index contributed by atoms with van der Waals surface area (Å²) in [6.45, 7) is 0. The first-order valence-electron chi connectivity index (χ1n) is 9.56. The SMILES string of the molecule is COc1cc(N2C(=O)C(c3ccccc3)C2c2ccc(O)cc2)cc(OC)c1OC. The van der Waals surface area contributed by atoms with Gasteiger partial charge in [-0.25, -0.2) is 0 Å². The molecule has 1 heterocycles. The number of amides is 1. The molecule has 2 unspecified atom stereocenters. The highest BCUT2D eigenvalue weighted by atomic mass is 16.5. The second-order valence-corrected chi connectivity index (χ2v) is 7.02. The molecule has 0 bridgehead atoms. The number of ether oxygens (including phenoxy) is 3. The molecule has 6 heteroatoms. The van der Waals surface area contributed by atoms with Crippen molar-refractivity contribution >= 4 is 11.6 Å². The molecule has 154 valence electrons. The number of hydrogen-bond acceptors (Lipinski definition) is 5. The van der Waals surface area contributed by atoms with Crippen molar-refractivity contribution < 1.29 is 24.1 Å². The molecule has 3 aromatic carbocycles. The van der Waals surface area contributed by atoms with Gasteiger partial charge in [-0.1, -0.05) is 42.5 Å². The van der Waals surface area contributed by atoms with E-state index in [1.807, 2.05) is 42.5 Å². The number of nitrogens with zero attached hydrogens (tertiary/aromatic N) is 1. The van der Waals surface area contributed by atoms with Crippen LogP contribution in [-0.4, -0.2) is 32.3 Å². The maximum Gasteiger partial charge on any atom is 0.237 e. The van der Waals surface area contributed by atoms with Gasteiger partial charge in [0.2, 0.25) is 11.7 Å². The lowest BCUT2D eigenvalue weighted by atomic mass is 9.77. The summed E-state index contributed by atoms with van der Waals surface area (Å²) >= 11 is 0. The molecule has 1 aliphatic heterocycles. The molecule has 0 saturated carbocycles. The van der Waals surface area contributed by atoms with Gasteiger partial charge in [0.15, 0.2) is 11.5 Å². The summed E-state index contributed by atoms with van der Waals surface area (Å²) in [7, 11) is 4.63. The molecule has 1 fully saturated rings. The van der Waals surface area contributed by atoms with E-state index >= 15 is 0 Å². The van der Waals surface area contributed by atoms with Gasteiger partial charge >= 0.3 is 0 Å². The maximum atomic E-state index is 13.3. The summed E-state index contributed by atoms with van der Waals surface area (Å²) < 4.78 is 16.3. The number of methoxy groups -OCH3 is 3. The van der Waals surface area contributed by atoms with Crippen LogP contribution in [0.15, 0.2) is 66.7 Å². The van der Waals surface area contributed by atoms with Gasteiger partial charge in [0.05, 0.1) is 39.0 Å². The van der Waals surface area contributed by atoms with Gasteiger partial charge in [0, 0.05) is 12.1 Å². The summed E-state index contributed by atoms with van der Waals surface area (Å²) in [6, 6.07) is 20.0. The second-order valence-electron chi connectivity index (χ2n) is 7.02. The molecule has 4 rings (SSSR count). The fourth-order valence-corrected chi connectivity index (χ4v) is 3.98. The molecule has 1 N–H and O–H groups in total. The zero-order valence-corrected chi connectivity index (χ0v) is 17.0. The van der Waals surface area contributed by atoms with Crippen LogP contribution in [0.3, 0.4) is 0 Å². The largest absolute Gasteiger partial charge is 0.508 e. The van der Waals surface area contributed by atoms with Crippen LogP contribution < -0.4 is 19.1 Å². The van der Waals surface area contributed by atoms with Crippen LogP contribution in [-0.2, 0) is 4.79 Å². The molecule has 0 radical (unpaired) electrons. The average molecular weight is 405 g/mol. The standard InChI is InChI=1S/C24H23NO5/c1-28-19-13-17(14-20(29-2)23(19)30-3)25-22(16-9-11-18(26)12-10-16)21(24(25)27)15-7-5-4-6-8-15/h4-14,21-22,26H,1-3H3. The third-order valence-corrected chi connectivity index (χ3v) is 5.42. The van der Waals surface area contributed by atoms with Crippen LogP contribution >= 0.6 is 0 Å². The molecule has 30 heavy (non-hydrogen) atoms. The minimum absolute atomic E-state index is 0.0199. The Kier molecular flexibility index (Phi) is 5.23. The number of phenols is 1. The molecule has 1 amide bonds. The Morgan fingerprint density at radius 3 is 1.93 bits per heavy atom. The number of carbonyl (C=O) groups excluding carboxylic acids is 1. The Labute approximate surface area is 175 Å². The zero-order chi connectivity index (χ0) is 21.3. The minimum atomic E-state index is -0.324. The average Bonchev–Trinajstić information content (AvgIpc) is 2.78. The molecule has 6 nitrogen and oxygen atoms in total. The van der Waals surface area contributed by atoms with Crippen molar-refractivity contribution in [2.24, 2.45) is 0 Å². The zero-order valence-electron chi connectivity index (χ0n) is 17.0. The van der Waals surface area contributed by atoms with E-state index < -0.39 is 0 Å². The van der Waals surface area contributed by atoms with E-state index in [0.717, 1.165) is 11.1 Å². The van der Waals surface area contributed by atoms with Crippen molar-refractivity contribution in [1.29, 1.82) is 0 Å². The number of phenolic OH excluding ortho intramolecular Hbond substituents is 1. The number of aromatic hydroxyl groups is 1. The first kappa shape index (κ1) is 19.6. The summed E-state index contributed by atoms with van der Waals surface area (Å²) in [4.78, 5) is 15.1. The van der Waals surface area contributed by atoms with Gasteiger partial charge < -0.3 is 24.2 Å². The Balaban J connectivity index is 1.82. The van der Waals surface area contributed by atoms with Crippen molar-refractivity contribution in [3.8, 4) is 23.0 Å². The Hall–Kier alpha value is -3.67. The van der Waals surface area contributed by atoms with Crippen molar-refractivity contribution in [2.45, 2.75) is 12.0 Å². The number of anilines is 1. The molecular formula is C24H23NO5. The minimum Gasteiger partial charge on any atom is -0.508 e. The topological polar surface area (TPSA) is 68.2 Å². The highest BCUT2D eigenvalue weighted by molar-refractivity contribution is 6.07. The third kappa shape index (κ3) is 3.20. The Bertz CT molecular complexity index is 1020. The Morgan fingerprint density at radius 2 is 1.40 bits per heavy atom. The van der Waals surface area contributed by atoms with Gasteiger partial charge in [0.25, 0.3) is 0 Å². The van der Waals surface area contributed by atoms with Crippen LogP contribution in [0.2, 0.25) is 0 Å². The van der Waals surface area contributed by atoms with Gasteiger partial charge in [-0.2, -0.15) is 0 Å². The first-order valence-corrected chi connectivity index (χ1v) is 9.56. The Morgan fingerprint density at radius 1 is 0.800 bits per heavy atom. The maximum absolute atomic E-state index is 13.3. The smallest absolute Gasteiger partial charge is 0.237 e. The first-order chi connectivity index (χ1) is 14.6. The predicted molar refractivity (Wildman–Crippen MR) is 114 cm³/mol. The van der Waals surface area contributed by atoms with Gasteiger partial charge in [-0.15, -0.1) is 0 Å². The molecule has 2 atom stereocenters. The number of rotatable bonds is 6. The van der Waals surface area contributed by atoms with Crippen LogP contribution in [0.25, 0.3) is 0 Å². The summed E-state index contributed by atoms with van der Waals surface area (Å²) in [6.07, 6.45) is 0. The normalized spacial score (nSPS) is 18.0. The predicted octanol–water partition coefficient (Wildman–Crippen LogP) is 4.29. The quantitative estimate of drug-likeness (QED) is 0.620. The van der Waals surface area contributed by atoms with Gasteiger partial charge in [-0.3, -0.25) is 4.79 Å². The second kappa shape index (κ2) is 7.99. The highest BCUT2D eigenvalue weighted by Gasteiger charge is 2.50.